The molecule has 1 unspecified atom stereocenters. The van der Waals surface area contributed by atoms with Crippen LogP contribution in [0.15, 0.2) is 12.1 Å². The zero-order valence-corrected chi connectivity index (χ0v) is 10.7. The van der Waals surface area contributed by atoms with Gasteiger partial charge in [-0.3, -0.25) is 4.79 Å². The van der Waals surface area contributed by atoms with E-state index in [4.69, 9.17) is 0 Å². The smallest absolute Gasteiger partial charge is 0.257 e. The van der Waals surface area contributed by atoms with Gasteiger partial charge < -0.3 is 10.0 Å². The first kappa shape index (κ1) is 12.9. The van der Waals surface area contributed by atoms with Crippen LogP contribution in [-0.4, -0.2) is 29.0 Å². The SMILES string of the molecule is Cc1cc(O)cc(F)c1C(=O)N1CCCC(C)C1. The van der Waals surface area contributed by atoms with E-state index in [-0.39, 0.29) is 17.2 Å². The van der Waals surface area contributed by atoms with Gasteiger partial charge in [-0.05, 0) is 37.3 Å². The molecule has 1 aromatic rings. The van der Waals surface area contributed by atoms with Crippen molar-refractivity contribution >= 4 is 5.91 Å². The molecule has 98 valence electrons. The molecule has 3 nitrogen and oxygen atoms in total. The molecule has 1 atom stereocenters. The fourth-order valence-electron chi connectivity index (χ4n) is 2.53. The molecule has 18 heavy (non-hydrogen) atoms. The minimum Gasteiger partial charge on any atom is -0.508 e. The van der Waals surface area contributed by atoms with Gasteiger partial charge in [0.25, 0.3) is 5.91 Å². The van der Waals surface area contributed by atoms with Gasteiger partial charge in [-0.15, -0.1) is 0 Å². The number of phenolic OH excluding ortho intramolecular Hbond substituents is 1. The summed E-state index contributed by atoms with van der Waals surface area (Å²) in [7, 11) is 0. The van der Waals surface area contributed by atoms with Gasteiger partial charge in [-0.25, -0.2) is 4.39 Å². The molecule has 1 heterocycles. The lowest BCUT2D eigenvalue weighted by Crippen LogP contribution is -2.39. The molecular formula is C14H18FNO2. The summed E-state index contributed by atoms with van der Waals surface area (Å²) in [6.07, 6.45) is 2.08. The van der Waals surface area contributed by atoms with Crippen LogP contribution in [-0.2, 0) is 0 Å². The van der Waals surface area contributed by atoms with E-state index < -0.39 is 5.82 Å². The second kappa shape index (κ2) is 4.96. The minimum absolute atomic E-state index is 0.0851. The molecule has 1 aliphatic rings. The molecule has 0 saturated carbocycles. The molecular weight excluding hydrogens is 233 g/mol. The zero-order valence-electron chi connectivity index (χ0n) is 10.7. The number of hydrogen-bond acceptors (Lipinski definition) is 2. The summed E-state index contributed by atoms with van der Waals surface area (Å²) in [5.74, 6) is -0.593. The third-order valence-corrected chi connectivity index (χ3v) is 3.43. The van der Waals surface area contributed by atoms with Gasteiger partial charge in [-0.2, -0.15) is 0 Å². The van der Waals surface area contributed by atoms with Crippen molar-refractivity contribution in [3.8, 4) is 5.75 Å². The Labute approximate surface area is 106 Å². The summed E-state index contributed by atoms with van der Waals surface area (Å²) >= 11 is 0. The summed E-state index contributed by atoms with van der Waals surface area (Å²) in [4.78, 5) is 14.0. The molecule has 1 fully saturated rings. The second-order valence-corrected chi connectivity index (χ2v) is 5.12. The van der Waals surface area contributed by atoms with Gasteiger partial charge in [0.1, 0.15) is 11.6 Å². The van der Waals surface area contributed by atoms with E-state index in [1.54, 1.807) is 11.8 Å². The van der Waals surface area contributed by atoms with E-state index in [1.165, 1.54) is 6.07 Å². The fourth-order valence-corrected chi connectivity index (χ4v) is 2.53. The van der Waals surface area contributed by atoms with Crippen molar-refractivity contribution in [1.82, 2.24) is 4.90 Å². The van der Waals surface area contributed by atoms with Crippen molar-refractivity contribution in [1.29, 1.82) is 0 Å². The molecule has 4 heteroatoms. The summed E-state index contributed by atoms with van der Waals surface area (Å²) in [5, 5.41) is 9.29. The fraction of sp³-hybridized carbons (Fsp3) is 0.500. The topological polar surface area (TPSA) is 40.5 Å². The number of aromatic hydroxyl groups is 1. The Morgan fingerprint density at radius 2 is 2.22 bits per heavy atom. The Morgan fingerprint density at radius 1 is 1.50 bits per heavy atom. The molecule has 0 radical (unpaired) electrons. The molecule has 1 aromatic carbocycles. The third-order valence-electron chi connectivity index (χ3n) is 3.43. The van der Waals surface area contributed by atoms with Crippen LogP contribution < -0.4 is 0 Å². The molecule has 0 aromatic heterocycles. The van der Waals surface area contributed by atoms with Gasteiger partial charge in [0.15, 0.2) is 0 Å². The zero-order chi connectivity index (χ0) is 13.3. The normalized spacial score (nSPS) is 19.9. The second-order valence-electron chi connectivity index (χ2n) is 5.12. The Kier molecular flexibility index (Phi) is 3.55. The van der Waals surface area contributed by atoms with Gasteiger partial charge in [0.05, 0.1) is 5.56 Å². The number of rotatable bonds is 1. The van der Waals surface area contributed by atoms with Crippen LogP contribution in [0.2, 0.25) is 0 Å². The maximum absolute atomic E-state index is 13.8. The van der Waals surface area contributed by atoms with Crippen LogP contribution in [0.5, 0.6) is 5.75 Å². The maximum Gasteiger partial charge on any atom is 0.257 e. The summed E-state index contributed by atoms with van der Waals surface area (Å²) in [6, 6.07) is 2.41. The highest BCUT2D eigenvalue weighted by molar-refractivity contribution is 5.96. The molecule has 1 amide bonds. The number of amides is 1. The maximum atomic E-state index is 13.8. The highest BCUT2D eigenvalue weighted by atomic mass is 19.1. The largest absolute Gasteiger partial charge is 0.508 e. The highest BCUT2D eigenvalue weighted by Crippen LogP contribution is 2.24. The third kappa shape index (κ3) is 2.47. The number of nitrogens with zero attached hydrogens (tertiary/aromatic N) is 1. The average molecular weight is 251 g/mol. The van der Waals surface area contributed by atoms with Gasteiger partial charge >= 0.3 is 0 Å². The monoisotopic (exact) mass is 251 g/mol. The number of carbonyl (C=O) groups is 1. The predicted molar refractivity (Wildman–Crippen MR) is 67.1 cm³/mol. The van der Waals surface area contributed by atoms with Crippen LogP contribution in [0.1, 0.15) is 35.7 Å². The van der Waals surface area contributed by atoms with E-state index in [1.807, 2.05) is 0 Å². The quantitative estimate of drug-likeness (QED) is 0.833. The number of piperidine rings is 1. The first-order valence-corrected chi connectivity index (χ1v) is 6.27. The van der Waals surface area contributed by atoms with Crippen molar-refractivity contribution in [3.63, 3.8) is 0 Å². The van der Waals surface area contributed by atoms with Gasteiger partial charge in [0.2, 0.25) is 0 Å². The summed E-state index contributed by atoms with van der Waals surface area (Å²) in [6.45, 7) is 5.10. The predicted octanol–water partition coefficient (Wildman–Crippen LogP) is 2.71. The standard InChI is InChI=1S/C14H18FNO2/c1-9-4-3-5-16(8-9)14(18)13-10(2)6-11(17)7-12(13)15/h6-7,9,17H,3-5,8H2,1-2H3. The molecule has 1 N–H and O–H groups in total. The lowest BCUT2D eigenvalue weighted by atomic mass is 9.98. The van der Waals surface area contributed by atoms with E-state index in [2.05, 4.69) is 6.92 Å². The number of benzene rings is 1. The van der Waals surface area contributed by atoms with Crippen LogP contribution in [0, 0.1) is 18.7 Å². The van der Waals surface area contributed by atoms with Crippen molar-refractivity contribution in [3.05, 3.63) is 29.1 Å². The Bertz CT molecular complexity index is 450. The van der Waals surface area contributed by atoms with E-state index >= 15 is 0 Å². The van der Waals surface area contributed by atoms with E-state index in [9.17, 15) is 14.3 Å². The van der Waals surface area contributed by atoms with Crippen LogP contribution in [0.25, 0.3) is 0 Å². The number of likely N-dealkylation sites (tertiary alicyclic amines) is 1. The molecule has 0 bridgehead atoms. The Morgan fingerprint density at radius 3 is 2.83 bits per heavy atom. The average Bonchev–Trinajstić information content (AvgIpc) is 2.27. The number of phenols is 1. The molecule has 0 spiro atoms. The number of aryl methyl sites for hydroxylation is 1. The van der Waals surface area contributed by atoms with Crippen molar-refractivity contribution < 1.29 is 14.3 Å². The highest BCUT2D eigenvalue weighted by Gasteiger charge is 2.25. The number of hydrogen-bond donors (Lipinski definition) is 1. The van der Waals surface area contributed by atoms with Gasteiger partial charge in [0, 0.05) is 19.2 Å². The number of halogens is 1. The van der Waals surface area contributed by atoms with Crippen molar-refractivity contribution in [2.75, 3.05) is 13.1 Å². The lowest BCUT2D eigenvalue weighted by molar-refractivity contribution is 0.0677. The summed E-state index contributed by atoms with van der Waals surface area (Å²) in [5.41, 5.74) is 0.567. The van der Waals surface area contributed by atoms with Crippen LogP contribution in [0.3, 0.4) is 0 Å². The Hall–Kier alpha value is -1.58. The van der Waals surface area contributed by atoms with Crippen molar-refractivity contribution in [2.24, 2.45) is 5.92 Å². The molecule has 1 aliphatic heterocycles. The van der Waals surface area contributed by atoms with Gasteiger partial charge in [-0.1, -0.05) is 6.92 Å². The van der Waals surface area contributed by atoms with E-state index in [0.29, 0.717) is 24.6 Å². The van der Waals surface area contributed by atoms with Crippen LogP contribution in [0.4, 0.5) is 4.39 Å². The lowest BCUT2D eigenvalue weighted by Gasteiger charge is -2.31. The molecule has 0 aliphatic carbocycles. The number of carbonyl (C=O) groups excluding carboxylic acids is 1. The first-order chi connectivity index (χ1) is 8.49. The van der Waals surface area contributed by atoms with Crippen LogP contribution >= 0.6 is 0 Å². The summed E-state index contributed by atoms with van der Waals surface area (Å²) < 4.78 is 13.8. The first-order valence-electron chi connectivity index (χ1n) is 6.27. The van der Waals surface area contributed by atoms with E-state index in [0.717, 1.165) is 18.9 Å². The van der Waals surface area contributed by atoms with Crippen molar-refractivity contribution in [2.45, 2.75) is 26.7 Å². The molecule has 2 rings (SSSR count). The molecule has 1 saturated heterocycles. The Balaban J connectivity index is 2.28. The minimum atomic E-state index is -0.643.